The largest absolute Gasteiger partial charge is 0.507 e. The Morgan fingerprint density at radius 2 is 1.41 bits per heavy atom. The minimum Gasteiger partial charge on any atom is -0.507 e. The molecule has 2 aromatic carbocycles. The van der Waals surface area contributed by atoms with Gasteiger partial charge in [-0.15, -0.1) is 0 Å². The highest BCUT2D eigenvalue weighted by Crippen LogP contribution is 2.41. The molecule has 0 radical (unpaired) electrons. The average molecular weight is 366 g/mol. The van der Waals surface area contributed by atoms with Crippen molar-refractivity contribution in [3.8, 4) is 5.75 Å². The zero-order chi connectivity index (χ0) is 19.8. The monoisotopic (exact) mass is 365 g/mol. The number of rotatable bonds is 3. The molecule has 27 heavy (non-hydrogen) atoms. The van der Waals surface area contributed by atoms with Crippen LogP contribution in [0.15, 0.2) is 42.5 Å². The molecular weight excluding hydrogens is 334 g/mol. The Bertz CT molecular complexity index is 814. The molecule has 0 fully saturated rings. The second-order valence-electron chi connectivity index (χ2n) is 9.33. The van der Waals surface area contributed by atoms with E-state index < -0.39 is 0 Å². The van der Waals surface area contributed by atoms with Crippen LogP contribution in [0.4, 0.5) is 11.4 Å². The molecular formula is C24H31NO2. The summed E-state index contributed by atoms with van der Waals surface area (Å²) in [5, 5.41) is 14.4. The van der Waals surface area contributed by atoms with E-state index in [9.17, 15) is 5.11 Å². The van der Waals surface area contributed by atoms with Crippen molar-refractivity contribution in [1.82, 2.24) is 0 Å². The van der Waals surface area contributed by atoms with Crippen LogP contribution in [0.25, 0.3) is 5.76 Å². The summed E-state index contributed by atoms with van der Waals surface area (Å²) >= 11 is 0. The Morgan fingerprint density at radius 1 is 0.852 bits per heavy atom. The number of benzene rings is 2. The molecule has 3 heteroatoms. The third-order valence-electron chi connectivity index (χ3n) is 4.89. The van der Waals surface area contributed by atoms with Crippen LogP contribution in [0, 0.1) is 0 Å². The van der Waals surface area contributed by atoms with Gasteiger partial charge in [0.25, 0.3) is 0 Å². The van der Waals surface area contributed by atoms with Crippen LogP contribution >= 0.6 is 0 Å². The molecule has 0 amide bonds. The zero-order valence-electron chi connectivity index (χ0n) is 17.3. The molecule has 0 bridgehead atoms. The van der Waals surface area contributed by atoms with E-state index >= 15 is 0 Å². The SMILES string of the molecule is CC(C)(C)c1cc(Nc2ccc(C3=CCCO3)cc2)cc(C(C)(C)C)c1O. The van der Waals surface area contributed by atoms with Gasteiger partial charge in [0.2, 0.25) is 0 Å². The van der Waals surface area contributed by atoms with Gasteiger partial charge < -0.3 is 15.2 Å². The number of ether oxygens (including phenoxy) is 1. The number of hydrogen-bond donors (Lipinski definition) is 2. The van der Waals surface area contributed by atoms with Gasteiger partial charge in [0.15, 0.2) is 0 Å². The lowest BCUT2D eigenvalue weighted by atomic mass is 9.79. The van der Waals surface area contributed by atoms with E-state index in [1.807, 2.05) is 0 Å². The molecule has 0 unspecified atom stereocenters. The number of anilines is 2. The first kappa shape index (κ1) is 19.3. The van der Waals surface area contributed by atoms with Crippen molar-refractivity contribution in [2.45, 2.75) is 58.8 Å². The van der Waals surface area contributed by atoms with Crippen LogP contribution in [0.3, 0.4) is 0 Å². The maximum Gasteiger partial charge on any atom is 0.123 e. The molecule has 3 rings (SSSR count). The molecule has 2 N–H and O–H groups in total. The summed E-state index contributed by atoms with van der Waals surface area (Å²) in [5.74, 6) is 1.37. The van der Waals surface area contributed by atoms with E-state index in [4.69, 9.17) is 4.74 Å². The zero-order valence-corrected chi connectivity index (χ0v) is 17.3. The summed E-state index contributed by atoms with van der Waals surface area (Å²) in [7, 11) is 0. The summed E-state index contributed by atoms with van der Waals surface area (Å²) in [4.78, 5) is 0. The van der Waals surface area contributed by atoms with Crippen molar-refractivity contribution in [1.29, 1.82) is 0 Å². The van der Waals surface area contributed by atoms with Gasteiger partial charge >= 0.3 is 0 Å². The third kappa shape index (κ3) is 4.29. The van der Waals surface area contributed by atoms with Gasteiger partial charge in [-0.2, -0.15) is 0 Å². The highest BCUT2D eigenvalue weighted by atomic mass is 16.5. The Kier molecular flexibility index (Phi) is 4.98. The van der Waals surface area contributed by atoms with Crippen LogP contribution in [0.2, 0.25) is 0 Å². The standard InChI is InChI=1S/C24H31NO2/c1-23(2,3)19-14-18(15-20(22(19)26)24(4,5)6)25-17-11-9-16(10-12-17)21-8-7-13-27-21/h8-12,14-15,25-26H,7,13H2,1-6H3. The van der Waals surface area contributed by atoms with Gasteiger partial charge in [-0.05, 0) is 53.3 Å². The van der Waals surface area contributed by atoms with E-state index in [0.29, 0.717) is 5.75 Å². The first-order chi connectivity index (χ1) is 12.6. The highest BCUT2D eigenvalue weighted by Gasteiger charge is 2.26. The topological polar surface area (TPSA) is 41.5 Å². The molecule has 0 spiro atoms. The molecule has 144 valence electrons. The molecule has 0 aliphatic carbocycles. The lowest BCUT2D eigenvalue weighted by Gasteiger charge is -2.28. The Hall–Kier alpha value is -2.42. The highest BCUT2D eigenvalue weighted by molar-refractivity contribution is 5.68. The number of phenolic OH excluding ortho intramolecular Hbond substituents is 1. The second kappa shape index (κ2) is 6.95. The van der Waals surface area contributed by atoms with Crippen molar-refractivity contribution < 1.29 is 9.84 Å². The fraction of sp³-hybridized carbons (Fsp3) is 0.417. The number of nitrogens with one attached hydrogen (secondary N) is 1. The fourth-order valence-electron chi connectivity index (χ4n) is 3.35. The van der Waals surface area contributed by atoms with Gasteiger partial charge in [-0.25, -0.2) is 0 Å². The average Bonchev–Trinajstić information content (AvgIpc) is 3.09. The van der Waals surface area contributed by atoms with Crippen LogP contribution in [0.5, 0.6) is 5.75 Å². The minimum absolute atomic E-state index is 0.141. The number of hydrogen-bond acceptors (Lipinski definition) is 3. The second-order valence-corrected chi connectivity index (χ2v) is 9.33. The fourth-order valence-corrected chi connectivity index (χ4v) is 3.35. The lowest BCUT2D eigenvalue weighted by molar-refractivity contribution is 0.307. The Labute approximate surface area is 163 Å². The predicted molar refractivity (Wildman–Crippen MR) is 114 cm³/mol. The summed E-state index contributed by atoms with van der Waals surface area (Å²) in [6, 6.07) is 12.4. The van der Waals surface area contributed by atoms with E-state index in [-0.39, 0.29) is 10.8 Å². The van der Waals surface area contributed by atoms with Crippen LogP contribution < -0.4 is 5.32 Å². The van der Waals surface area contributed by atoms with Crippen molar-refractivity contribution in [3.63, 3.8) is 0 Å². The first-order valence-corrected chi connectivity index (χ1v) is 9.64. The molecule has 1 aliphatic heterocycles. The molecule has 0 saturated heterocycles. The molecule has 0 saturated carbocycles. The van der Waals surface area contributed by atoms with Crippen molar-refractivity contribution in [2.75, 3.05) is 11.9 Å². The van der Waals surface area contributed by atoms with E-state index in [0.717, 1.165) is 46.9 Å². The lowest BCUT2D eigenvalue weighted by Crippen LogP contribution is -2.17. The molecule has 0 aromatic heterocycles. The van der Waals surface area contributed by atoms with Gasteiger partial charge in [-0.3, -0.25) is 0 Å². The van der Waals surface area contributed by atoms with Crippen molar-refractivity contribution in [3.05, 3.63) is 59.2 Å². The number of phenols is 1. The van der Waals surface area contributed by atoms with Gasteiger partial charge in [0.05, 0.1) is 6.61 Å². The van der Waals surface area contributed by atoms with Gasteiger partial charge in [0, 0.05) is 34.5 Å². The normalized spacial score (nSPS) is 14.7. The van der Waals surface area contributed by atoms with Gasteiger partial charge in [0.1, 0.15) is 11.5 Å². The van der Waals surface area contributed by atoms with Gasteiger partial charge in [-0.1, -0.05) is 41.5 Å². The minimum atomic E-state index is -0.141. The van der Waals surface area contributed by atoms with E-state index in [1.54, 1.807) is 0 Å². The predicted octanol–water partition coefficient (Wildman–Crippen LogP) is 6.49. The summed E-state index contributed by atoms with van der Waals surface area (Å²) in [5.41, 5.74) is 4.75. The maximum atomic E-state index is 10.9. The molecule has 1 heterocycles. The molecule has 1 aliphatic rings. The van der Waals surface area contributed by atoms with Crippen molar-refractivity contribution >= 4 is 17.1 Å². The molecule has 2 aromatic rings. The van der Waals surface area contributed by atoms with Crippen LogP contribution in [-0.2, 0) is 15.6 Å². The van der Waals surface area contributed by atoms with Crippen LogP contribution in [-0.4, -0.2) is 11.7 Å². The Balaban J connectivity index is 1.94. The smallest absolute Gasteiger partial charge is 0.123 e. The third-order valence-corrected chi connectivity index (χ3v) is 4.89. The summed E-state index contributed by atoms with van der Waals surface area (Å²) < 4.78 is 5.63. The number of aromatic hydroxyl groups is 1. The maximum absolute atomic E-state index is 10.9. The first-order valence-electron chi connectivity index (χ1n) is 9.64. The Morgan fingerprint density at radius 3 is 1.85 bits per heavy atom. The molecule has 3 nitrogen and oxygen atoms in total. The van der Waals surface area contributed by atoms with Crippen molar-refractivity contribution in [2.24, 2.45) is 0 Å². The van der Waals surface area contributed by atoms with E-state index in [2.05, 4.69) is 89.3 Å². The molecule has 0 atom stereocenters. The van der Waals surface area contributed by atoms with Crippen LogP contribution in [0.1, 0.15) is 64.7 Å². The summed E-state index contributed by atoms with van der Waals surface area (Å²) in [6.45, 7) is 13.5. The quantitative estimate of drug-likeness (QED) is 0.611. The van der Waals surface area contributed by atoms with E-state index in [1.165, 1.54) is 0 Å². The summed E-state index contributed by atoms with van der Waals surface area (Å²) in [6.07, 6.45) is 3.11.